The predicted molar refractivity (Wildman–Crippen MR) is 98.8 cm³/mol. The maximum absolute atomic E-state index is 12.6. The minimum absolute atomic E-state index is 0.0384. The Balaban J connectivity index is 1.81. The molecule has 2 aromatic carbocycles. The fourth-order valence-corrected chi connectivity index (χ4v) is 4.39. The molecule has 0 saturated carbocycles. The Morgan fingerprint density at radius 3 is 2.48 bits per heavy atom. The zero-order chi connectivity index (χ0) is 18.0. The first kappa shape index (κ1) is 17.9. The second kappa shape index (κ2) is 7.17. The molecule has 0 bridgehead atoms. The SMILES string of the molecule is C[C@H](NS(=O)(=O)c1cc(Cl)ccc1Cl)c1ccc(-n2ccnc2)cc1. The summed E-state index contributed by atoms with van der Waals surface area (Å²) in [6.45, 7) is 1.77. The highest BCUT2D eigenvalue weighted by Gasteiger charge is 2.21. The average molecular weight is 396 g/mol. The molecule has 3 aromatic rings. The van der Waals surface area contributed by atoms with Crippen molar-refractivity contribution in [2.45, 2.75) is 17.9 Å². The largest absolute Gasteiger partial charge is 0.306 e. The molecule has 3 rings (SSSR count). The van der Waals surface area contributed by atoms with Gasteiger partial charge in [-0.15, -0.1) is 0 Å². The highest BCUT2D eigenvalue weighted by Crippen LogP contribution is 2.26. The van der Waals surface area contributed by atoms with Crippen LogP contribution in [0.25, 0.3) is 5.69 Å². The molecule has 0 aliphatic rings. The van der Waals surface area contributed by atoms with E-state index in [0.717, 1.165) is 11.3 Å². The zero-order valence-electron chi connectivity index (χ0n) is 13.2. The van der Waals surface area contributed by atoms with Gasteiger partial charge in [-0.3, -0.25) is 0 Å². The second-order valence-corrected chi connectivity index (χ2v) is 8.01. The molecule has 1 aromatic heterocycles. The van der Waals surface area contributed by atoms with Gasteiger partial charge in [-0.1, -0.05) is 35.3 Å². The van der Waals surface area contributed by atoms with Crippen molar-refractivity contribution in [3.8, 4) is 5.69 Å². The number of rotatable bonds is 5. The van der Waals surface area contributed by atoms with Crippen LogP contribution in [0.2, 0.25) is 10.0 Å². The smallest absolute Gasteiger partial charge is 0.242 e. The van der Waals surface area contributed by atoms with Crippen molar-refractivity contribution in [2.75, 3.05) is 0 Å². The lowest BCUT2D eigenvalue weighted by Gasteiger charge is -2.16. The number of halogens is 2. The Labute approximate surface area is 156 Å². The van der Waals surface area contributed by atoms with E-state index < -0.39 is 16.1 Å². The highest BCUT2D eigenvalue weighted by molar-refractivity contribution is 7.89. The van der Waals surface area contributed by atoms with Crippen molar-refractivity contribution in [3.05, 3.63) is 76.8 Å². The average Bonchev–Trinajstić information content (AvgIpc) is 3.11. The van der Waals surface area contributed by atoms with Crippen molar-refractivity contribution in [3.63, 3.8) is 0 Å². The topological polar surface area (TPSA) is 64.0 Å². The lowest BCUT2D eigenvalue weighted by Crippen LogP contribution is -2.27. The Bertz CT molecular complexity index is 972. The fourth-order valence-electron chi connectivity index (χ4n) is 2.39. The molecular formula is C17H15Cl2N3O2S. The number of nitrogens with one attached hydrogen (secondary N) is 1. The van der Waals surface area contributed by atoms with E-state index in [1.807, 2.05) is 35.0 Å². The Hall–Kier alpha value is -1.86. The van der Waals surface area contributed by atoms with E-state index in [4.69, 9.17) is 23.2 Å². The number of nitrogens with zero attached hydrogens (tertiary/aromatic N) is 2. The van der Waals surface area contributed by atoms with E-state index in [2.05, 4.69) is 9.71 Å². The summed E-state index contributed by atoms with van der Waals surface area (Å²) >= 11 is 11.9. The summed E-state index contributed by atoms with van der Waals surface area (Å²) < 4.78 is 29.6. The van der Waals surface area contributed by atoms with E-state index in [0.29, 0.717) is 5.02 Å². The number of aromatic nitrogens is 2. The maximum atomic E-state index is 12.6. The number of hydrogen-bond donors (Lipinski definition) is 1. The number of sulfonamides is 1. The molecule has 0 aliphatic carbocycles. The van der Waals surface area contributed by atoms with Gasteiger partial charge >= 0.3 is 0 Å². The summed E-state index contributed by atoms with van der Waals surface area (Å²) in [4.78, 5) is 3.96. The van der Waals surface area contributed by atoms with Crippen molar-refractivity contribution < 1.29 is 8.42 Å². The van der Waals surface area contributed by atoms with Crippen LogP contribution in [0.5, 0.6) is 0 Å². The van der Waals surface area contributed by atoms with Crippen molar-refractivity contribution in [1.29, 1.82) is 0 Å². The van der Waals surface area contributed by atoms with E-state index in [9.17, 15) is 8.42 Å². The summed E-state index contributed by atoms with van der Waals surface area (Å²) in [6.07, 6.45) is 5.23. The molecule has 25 heavy (non-hydrogen) atoms. The first-order valence-corrected chi connectivity index (χ1v) is 9.66. The van der Waals surface area contributed by atoms with Gasteiger partial charge in [0.15, 0.2) is 0 Å². The molecule has 8 heteroatoms. The molecule has 1 atom stereocenters. The summed E-state index contributed by atoms with van der Waals surface area (Å²) in [6, 6.07) is 11.4. The monoisotopic (exact) mass is 395 g/mol. The van der Waals surface area contributed by atoms with Gasteiger partial charge in [0.2, 0.25) is 10.0 Å². The number of benzene rings is 2. The fraction of sp³-hybridized carbons (Fsp3) is 0.118. The molecule has 0 radical (unpaired) electrons. The number of imidazole rings is 1. The lowest BCUT2D eigenvalue weighted by molar-refractivity contribution is 0.567. The van der Waals surface area contributed by atoms with Crippen LogP contribution in [0.4, 0.5) is 0 Å². The molecule has 0 fully saturated rings. The van der Waals surface area contributed by atoms with Gasteiger partial charge in [-0.2, -0.15) is 0 Å². The van der Waals surface area contributed by atoms with E-state index in [-0.39, 0.29) is 9.92 Å². The van der Waals surface area contributed by atoms with Crippen molar-refractivity contribution in [2.24, 2.45) is 0 Å². The number of hydrogen-bond acceptors (Lipinski definition) is 3. The molecule has 0 unspecified atom stereocenters. The predicted octanol–water partition coefficient (Wildman–Crippen LogP) is 4.22. The zero-order valence-corrected chi connectivity index (χ0v) is 15.6. The molecule has 1 N–H and O–H groups in total. The third-order valence-corrected chi connectivity index (χ3v) is 5.97. The first-order chi connectivity index (χ1) is 11.9. The summed E-state index contributed by atoms with van der Waals surface area (Å²) in [5.74, 6) is 0. The molecular weight excluding hydrogens is 381 g/mol. The van der Waals surface area contributed by atoms with Crippen LogP contribution in [0, 0.1) is 0 Å². The third-order valence-electron chi connectivity index (χ3n) is 3.71. The quantitative estimate of drug-likeness (QED) is 0.703. The molecule has 0 amide bonds. The molecule has 130 valence electrons. The van der Waals surface area contributed by atoms with Crippen LogP contribution in [0.15, 0.2) is 66.1 Å². The van der Waals surface area contributed by atoms with Gasteiger partial charge in [0.25, 0.3) is 0 Å². The Kier molecular flexibility index (Phi) is 5.15. The highest BCUT2D eigenvalue weighted by atomic mass is 35.5. The minimum atomic E-state index is -3.80. The normalized spacial score (nSPS) is 12.9. The van der Waals surface area contributed by atoms with Gasteiger partial charge in [0.1, 0.15) is 4.90 Å². The van der Waals surface area contributed by atoms with E-state index in [1.165, 1.54) is 12.1 Å². The minimum Gasteiger partial charge on any atom is -0.306 e. The molecule has 5 nitrogen and oxygen atoms in total. The third kappa shape index (κ3) is 4.04. The van der Waals surface area contributed by atoms with Crippen LogP contribution in [0.3, 0.4) is 0 Å². The van der Waals surface area contributed by atoms with Gasteiger partial charge in [0, 0.05) is 29.1 Å². The van der Waals surface area contributed by atoms with Crippen LogP contribution in [0.1, 0.15) is 18.5 Å². The van der Waals surface area contributed by atoms with Gasteiger partial charge in [-0.05, 0) is 42.8 Å². The van der Waals surface area contributed by atoms with Gasteiger partial charge < -0.3 is 4.57 Å². The van der Waals surface area contributed by atoms with Crippen LogP contribution >= 0.6 is 23.2 Å². The van der Waals surface area contributed by atoms with Crippen LogP contribution in [-0.4, -0.2) is 18.0 Å². The summed E-state index contributed by atoms with van der Waals surface area (Å²) in [7, 11) is -3.80. The lowest BCUT2D eigenvalue weighted by atomic mass is 10.1. The van der Waals surface area contributed by atoms with E-state index in [1.54, 1.807) is 25.5 Å². The Morgan fingerprint density at radius 1 is 1.12 bits per heavy atom. The Morgan fingerprint density at radius 2 is 1.84 bits per heavy atom. The van der Waals surface area contributed by atoms with Gasteiger partial charge in [-0.25, -0.2) is 18.1 Å². The summed E-state index contributed by atoms with van der Waals surface area (Å²) in [5, 5.41) is 0.432. The summed E-state index contributed by atoms with van der Waals surface area (Å²) in [5.41, 5.74) is 1.76. The molecule has 0 spiro atoms. The van der Waals surface area contributed by atoms with Gasteiger partial charge in [0.05, 0.1) is 11.3 Å². The van der Waals surface area contributed by atoms with Crippen molar-refractivity contribution in [1.82, 2.24) is 14.3 Å². The molecule has 0 aliphatic heterocycles. The van der Waals surface area contributed by atoms with Crippen LogP contribution in [-0.2, 0) is 10.0 Å². The van der Waals surface area contributed by atoms with Crippen LogP contribution < -0.4 is 4.72 Å². The maximum Gasteiger partial charge on any atom is 0.242 e. The standard InChI is InChI=1S/C17H15Cl2N3O2S/c1-12(13-2-5-15(6-3-13)22-9-8-20-11-22)21-25(23,24)17-10-14(18)4-7-16(17)19/h2-12,21H,1H3/t12-/m0/s1. The first-order valence-electron chi connectivity index (χ1n) is 7.42. The molecule has 0 saturated heterocycles. The second-order valence-electron chi connectivity index (χ2n) is 5.48. The van der Waals surface area contributed by atoms with E-state index >= 15 is 0 Å². The van der Waals surface area contributed by atoms with Crippen molar-refractivity contribution >= 4 is 33.2 Å². The molecule has 1 heterocycles.